The Kier molecular flexibility index (Phi) is 4.19. The molecular formula is C11H16N2. The van der Waals surface area contributed by atoms with Gasteiger partial charge in [0.2, 0.25) is 0 Å². The van der Waals surface area contributed by atoms with Crippen LogP contribution in [0.1, 0.15) is 18.2 Å². The lowest BCUT2D eigenvalue weighted by Crippen LogP contribution is -2.12. The van der Waals surface area contributed by atoms with Gasteiger partial charge in [0.25, 0.3) is 0 Å². The zero-order valence-electron chi connectivity index (χ0n) is 8.25. The van der Waals surface area contributed by atoms with Gasteiger partial charge >= 0.3 is 0 Å². The van der Waals surface area contributed by atoms with E-state index in [1.165, 1.54) is 5.56 Å². The van der Waals surface area contributed by atoms with Gasteiger partial charge in [0.05, 0.1) is 0 Å². The zero-order chi connectivity index (χ0) is 9.52. The van der Waals surface area contributed by atoms with Gasteiger partial charge < -0.3 is 5.32 Å². The summed E-state index contributed by atoms with van der Waals surface area (Å²) in [4.78, 5) is 4.22. The molecule has 0 unspecified atom stereocenters. The predicted octanol–water partition coefficient (Wildman–Crippen LogP) is 2.06. The topological polar surface area (TPSA) is 24.9 Å². The van der Waals surface area contributed by atoms with Gasteiger partial charge in [-0.1, -0.05) is 18.2 Å². The fraction of sp³-hybridized carbons (Fsp3) is 0.364. The van der Waals surface area contributed by atoms with Crippen molar-refractivity contribution in [1.29, 1.82) is 0 Å². The molecule has 0 atom stereocenters. The third-order valence-corrected chi connectivity index (χ3v) is 1.80. The molecule has 0 saturated carbocycles. The summed E-state index contributed by atoms with van der Waals surface area (Å²) in [6, 6.07) is 4.14. The van der Waals surface area contributed by atoms with Crippen LogP contribution in [-0.4, -0.2) is 11.5 Å². The van der Waals surface area contributed by atoms with Crippen LogP contribution in [0.25, 0.3) is 0 Å². The van der Waals surface area contributed by atoms with E-state index in [-0.39, 0.29) is 0 Å². The van der Waals surface area contributed by atoms with E-state index in [4.69, 9.17) is 0 Å². The molecule has 70 valence electrons. The van der Waals surface area contributed by atoms with Gasteiger partial charge in [-0.2, -0.15) is 0 Å². The van der Waals surface area contributed by atoms with E-state index in [0.717, 1.165) is 18.8 Å². The Balaban J connectivity index is 2.33. The fourth-order valence-electron chi connectivity index (χ4n) is 1.02. The Morgan fingerprint density at radius 3 is 2.92 bits per heavy atom. The number of allylic oxidation sites excluding steroid dienone is 1. The highest BCUT2D eigenvalue weighted by molar-refractivity contribution is 5.12. The van der Waals surface area contributed by atoms with Gasteiger partial charge in [-0.3, -0.25) is 4.98 Å². The van der Waals surface area contributed by atoms with E-state index >= 15 is 0 Å². The highest BCUT2D eigenvalue weighted by Crippen LogP contribution is 1.97. The van der Waals surface area contributed by atoms with Crippen molar-refractivity contribution in [3.05, 3.63) is 41.7 Å². The van der Waals surface area contributed by atoms with Crippen LogP contribution >= 0.6 is 0 Å². The summed E-state index contributed by atoms with van der Waals surface area (Å²) >= 11 is 0. The Morgan fingerprint density at radius 1 is 1.46 bits per heavy atom. The molecule has 1 N–H and O–H groups in total. The number of nitrogens with one attached hydrogen (secondary N) is 1. The van der Waals surface area contributed by atoms with Gasteiger partial charge in [0.15, 0.2) is 0 Å². The molecule has 2 nitrogen and oxygen atoms in total. The second kappa shape index (κ2) is 5.49. The molecule has 0 amide bonds. The number of nitrogens with zero attached hydrogens (tertiary/aromatic N) is 1. The van der Waals surface area contributed by atoms with Gasteiger partial charge in [0.1, 0.15) is 0 Å². The van der Waals surface area contributed by atoms with Crippen molar-refractivity contribution >= 4 is 0 Å². The van der Waals surface area contributed by atoms with Gasteiger partial charge in [-0.05, 0) is 25.5 Å². The number of hydrogen-bond acceptors (Lipinski definition) is 2. The van der Waals surface area contributed by atoms with Crippen molar-refractivity contribution in [3.63, 3.8) is 0 Å². The van der Waals surface area contributed by atoms with Crippen LogP contribution in [-0.2, 0) is 6.54 Å². The maximum absolute atomic E-state index is 4.22. The quantitative estimate of drug-likeness (QED) is 0.561. The number of aryl methyl sites for hydroxylation is 1. The minimum Gasteiger partial charge on any atom is -0.309 e. The lowest BCUT2D eigenvalue weighted by atomic mass is 10.2. The first-order valence-corrected chi connectivity index (χ1v) is 4.56. The second-order valence-electron chi connectivity index (χ2n) is 3.01. The van der Waals surface area contributed by atoms with E-state index in [2.05, 4.69) is 22.4 Å². The van der Waals surface area contributed by atoms with E-state index in [1.807, 2.05) is 32.2 Å². The molecule has 1 aromatic rings. The molecule has 0 aliphatic carbocycles. The van der Waals surface area contributed by atoms with E-state index < -0.39 is 0 Å². The molecule has 1 rings (SSSR count). The van der Waals surface area contributed by atoms with Crippen molar-refractivity contribution in [2.24, 2.45) is 0 Å². The van der Waals surface area contributed by atoms with Crippen LogP contribution in [0, 0.1) is 6.92 Å². The summed E-state index contributed by atoms with van der Waals surface area (Å²) < 4.78 is 0. The normalized spacial score (nSPS) is 10.9. The average Bonchev–Trinajstić information content (AvgIpc) is 2.15. The van der Waals surface area contributed by atoms with Crippen LogP contribution in [0.3, 0.4) is 0 Å². The lowest BCUT2D eigenvalue weighted by molar-refractivity contribution is 0.755. The van der Waals surface area contributed by atoms with Gasteiger partial charge in [-0.25, -0.2) is 0 Å². The molecule has 0 fully saturated rings. The lowest BCUT2D eigenvalue weighted by Gasteiger charge is -2.01. The first-order chi connectivity index (χ1) is 6.33. The number of pyridine rings is 1. The molecule has 1 aromatic heterocycles. The first-order valence-electron chi connectivity index (χ1n) is 4.56. The van der Waals surface area contributed by atoms with Crippen LogP contribution in [0.4, 0.5) is 0 Å². The van der Waals surface area contributed by atoms with Crippen LogP contribution < -0.4 is 5.32 Å². The Morgan fingerprint density at radius 2 is 2.31 bits per heavy atom. The molecule has 1 heterocycles. The molecule has 0 aliphatic heterocycles. The van der Waals surface area contributed by atoms with E-state index in [0.29, 0.717) is 0 Å². The number of hydrogen-bond donors (Lipinski definition) is 1. The monoisotopic (exact) mass is 176 g/mol. The molecule has 0 aromatic carbocycles. The molecule has 0 bridgehead atoms. The second-order valence-corrected chi connectivity index (χ2v) is 3.01. The van der Waals surface area contributed by atoms with Crippen molar-refractivity contribution in [2.75, 3.05) is 6.54 Å². The van der Waals surface area contributed by atoms with Gasteiger partial charge in [-0.15, -0.1) is 0 Å². The summed E-state index contributed by atoms with van der Waals surface area (Å²) in [6.45, 7) is 5.83. The Bertz CT molecular complexity index is 262. The summed E-state index contributed by atoms with van der Waals surface area (Å²) in [5.41, 5.74) is 2.30. The Labute approximate surface area is 79.7 Å². The van der Waals surface area contributed by atoms with Crippen LogP contribution in [0.2, 0.25) is 0 Å². The number of aromatic nitrogens is 1. The largest absolute Gasteiger partial charge is 0.309 e. The predicted molar refractivity (Wildman–Crippen MR) is 55.5 cm³/mol. The summed E-state index contributed by atoms with van der Waals surface area (Å²) in [6.07, 6.45) is 6.06. The maximum Gasteiger partial charge on any atom is 0.0372 e. The SMILES string of the molecule is C/C=C/CNCc1ccc(C)nc1. The summed E-state index contributed by atoms with van der Waals surface area (Å²) in [5, 5.41) is 3.30. The van der Waals surface area contributed by atoms with Crippen molar-refractivity contribution in [1.82, 2.24) is 10.3 Å². The highest BCUT2D eigenvalue weighted by Gasteiger charge is 1.90. The fourth-order valence-corrected chi connectivity index (χ4v) is 1.02. The van der Waals surface area contributed by atoms with Crippen molar-refractivity contribution < 1.29 is 0 Å². The molecule has 0 radical (unpaired) electrons. The minimum absolute atomic E-state index is 0.887. The zero-order valence-corrected chi connectivity index (χ0v) is 8.25. The molecule has 0 spiro atoms. The average molecular weight is 176 g/mol. The molecule has 0 aliphatic rings. The highest BCUT2D eigenvalue weighted by atomic mass is 14.8. The third kappa shape index (κ3) is 3.85. The molecule has 13 heavy (non-hydrogen) atoms. The van der Waals surface area contributed by atoms with Crippen molar-refractivity contribution in [2.45, 2.75) is 20.4 Å². The molecule has 2 heteroatoms. The summed E-state index contributed by atoms with van der Waals surface area (Å²) in [7, 11) is 0. The maximum atomic E-state index is 4.22. The third-order valence-electron chi connectivity index (χ3n) is 1.80. The van der Waals surface area contributed by atoms with E-state index in [1.54, 1.807) is 0 Å². The van der Waals surface area contributed by atoms with Gasteiger partial charge in [0, 0.05) is 25.0 Å². The van der Waals surface area contributed by atoms with Crippen LogP contribution in [0.15, 0.2) is 30.5 Å². The summed E-state index contributed by atoms with van der Waals surface area (Å²) in [5.74, 6) is 0. The molecular weight excluding hydrogens is 160 g/mol. The minimum atomic E-state index is 0.887. The van der Waals surface area contributed by atoms with Crippen LogP contribution in [0.5, 0.6) is 0 Å². The Hall–Kier alpha value is -1.15. The number of rotatable bonds is 4. The van der Waals surface area contributed by atoms with E-state index in [9.17, 15) is 0 Å². The smallest absolute Gasteiger partial charge is 0.0372 e. The standard InChI is InChI=1S/C11H16N2/c1-3-4-7-12-8-11-6-5-10(2)13-9-11/h3-6,9,12H,7-8H2,1-2H3/b4-3+. The molecule has 0 saturated heterocycles. The first kappa shape index (κ1) is 9.93. The van der Waals surface area contributed by atoms with Crippen molar-refractivity contribution in [3.8, 4) is 0 Å².